The van der Waals surface area contributed by atoms with Gasteiger partial charge in [0.05, 0.1) is 30.8 Å². The zero-order chi connectivity index (χ0) is 20.7. The molecule has 1 fully saturated rings. The largest absolute Gasteiger partial charge is 0.493 e. The lowest BCUT2D eigenvalue weighted by atomic mass is 9.97. The van der Waals surface area contributed by atoms with Crippen LogP contribution in [0.25, 0.3) is 21.9 Å². The SMILES string of the molecule is COc1cc2nc(N3CCCC(c4nc5ccccc5[nH]4)C3)nc(N)c2cc1OC. The highest BCUT2D eigenvalue weighted by atomic mass is 16.5. The number of anilines is 2. The van der Waals surface area contributed by atoms with Crippen LogP contribution in [-0.2, 0) is 0 Å². The van der Waals surface area contributed by atoms with Crippen LogP contribution in [0, 0.1) is 0 Å². The van der Waals surface area contributed by atoms with Crippen molar-refractivity contribution in [2.75, 3.05) is 37.9 Å². The van der Waals surface area contributed by atoms with Gasteiger partial charge in [-0.2, -0.15) is 4.98 Å². The van der Waals surface area contributed by atoms with Crippen molar-refractivity contribution >= 4 is 33.7 Å². The Morgan fingerprint density at radius 3 is 2.63 bits per heavy atom. The smallest absolute Gasteiger partial charge is 0.227 e. The van der Waals surface area contributed by atoms with E-state index in [9.17, 15) is 0 Å². The van der Waals surface area contributed by atoms with Crippen molar-refractivity contribution in [2.45, 2.75) is 18.8 Å². The summed E-state index contributed by atoms with van der Waals surface area (Å²) >= 11 is 0. The fourth-order valence-corrected chi connectivity index (χ4v) is 4.16. The number of methoxy groups -OCH3 is 2. The number of nitrogens with two attached hydrogens (primary N) is 1. The van der Waals surface area contributed by atoms with Crippen molar-refractivity contribution in [1.29, 1.82) is 0 Å². The number of hydrogen-bond acceptors (Lipinski definition) is 7. The molecule has 30 heavy (non-hydrogen) atoms. The Morgan fingerprint density at radius 1 is 1.03 bits per heavy atom. The second-order valence-corrected chi connectivity index (χ2v) is 7.56. The van der Waals surface area contributed by atoms with E-state index in [1.165, 1.54) is 0 Å². The highest BCUT2D eigenvalue weighted by Gasteiger charge is 2.26. The fraction of sp³-hybridized carbons (Fsp3) is 0.318. The van der Waals surface area contributed by atoms with E-state index >= 15 is 0 Å². The number of H-pyrrole nitrogens is 1. The molecule has 0 aliphatic carbocycles. The first-order valence-electron chi connectivity index (χ1n) is 10.0. The van der Waals surface area contributed by atoms with Crippen LogP contribution in [0.1, 0.15) is 24.6 Å². The summed E-state index contributed by atoms with van der Waals surface area (Å²) in [5, 5.41) is 0.752. The summed E-state index contributed by atoms with van der Waals surface area (Å²) < 4.78 is 10.8. The van der Waals surface area contributed by atoms with Crippen LogP contribution < -0.4 is 20.1 Å². The molecule has 1 aliphatic rings. The molecule has 1 unspecified atom stereocenters. The Hall–Kier alpha value is -3.55. The average Bonchev–Trinajstić information content (AvgIpc) is 3.22. The number of ether oxygens (including phenoxy) is 2. The normalized spacial score (nSPS) is 16.9. The molecule has 4 aromatic rings. The molecule has 0 radical (unpaired) electrons. The minimum absolute atomic E-state index is 0.289. The van der Waals surface area contributed by atoms with Crippen LogP contribution in [-0.4, -0.2) is 47.2 Å². The number of fused-ring (bicyclic) bond motifs is 2. The zero-order valence-corrected chi connectivity index (χ0v) is 17.1. The first kappa shape index (κ1) is 18.5. The Labute approximate surface area is 174 Å². The van der Waals surface area contributed by atoms with E-state index in [0.717, 1.165) is 53.7 Å². The predicted molar refractivity (Wildman–Crippen MR) is 117 cm³/mol. The molecule has 0 bridgehead atoms. The highest BCUT2D eigenvalue weighted by molar-refractivity contribution is 5.91. The lowest BCUT2D eigenvalue weighted by molar-refractivity contribution is 0.356. The van der Waals surface area contributed by atoms with E-state index in [2.05, 4.69) is 20.9 Å². The van der Waals surface area contributed by atoms with Gasteiger partial charge in [-0.05, 0) is 31.0 Å². The fourth-order valence-electron chi connectivity index (χ4n) is 4.16. The van der Waals surface area contributed by atoms with Gasteiger partial charge in [0.25, 0.3) is 0 Å². The molecular formula is C22H24N6O2. The van der Waals surface area contributed by atoms with Crippen LogP contribution in [0.2, 0.25) is 0 Å². The number of para-hydroxylation sites is 2. The predicted octanol–water partition coefficient (Wildman–Crippen LogP) is 3.49. The Balaban J connectivity index is 1.48. The summed E-state index contributed by atoms with van der Waals surface area (Å²) in [6.45, 7) is 1.67. The lowest BCUT2D eigenvalue weighted by Crippen LogP contribution is -2.36. The van der Waals surface area contributed by atoms with Crippen LogP contribution in [0.5, 0.6) is 11.5 Å². The van der Waals surface area contributed by atoms with E-state index < -0.39 is 0 Å². The van der Waals surface area contributed by atoms with Crippen molar-refractivity contribution < 1.29 is 9.47 Å². The number of aromatic nitrogens is 4. The average molecular weight is 404 g/mol. The first-order chi connectivity index (χ1) is 14.7. The van der Waals surface area contributed by atoms with Gasteiger partial charge in [0.2, 0.25) is 5.95 Å². The third-order valence-electron chi connectivity index (χ3n) is 5.72. The van der Waals surface area contributed by atoms with Gasteiger partial charge in [-0.1, -0.05) is 12.1 Å². The van der Waals surface area contributed by atoms with Gasteiger partial charge >= 0.3 is 0 Å². The molecule has 0 spiro atoms. The summed E-state index contributed by atoms with van der Waals surface area (Å²) in [5.74, 6) is 3.59. The molecule has 0 saturated carbocycles. The number of piperidine rings is 1. The van der Waals surface area contributed by atoms with E-state index in [-0.39, 0.29) is 5.92 Å². The molecule has 2 aromatic carbocycles. The number of nitrogen functional groups attached to an aromatic ring is 1. The van der Waals surface area contributed by atoms with E-state index in [4.69, 9.17) is 25.2 Å². The molecule has 2 aromatic heterocycles. The van der Waals surface area contributed by atoms with Gasteiger partial charge in [-0.3, -0.25) is 0 Å². The number of nitrogens with one attached hydrogen (secondary N) is 1. The number of imidazole rings is 1. The zero-order valence-electron chi connectivity index (χ0n) is 17.1. The topological polar surface area (TPSA) is 102 Å². The number of benzene rings is 2. The van der Waals surface area contributed by atoms with Crippen LogP contribution >= 0.6 is 0 Å². The first-order valence-corrected chi connectivity index (χ1v) is 10.0. The van der Waals surface area contributed by atoms with Crippen molar-refractivity contribution in [3.05, 3.63) is 42.2 Å². The summed E-state index contributed by atoms with van der Waals surface area (Å²) in [5.41, 5.74) is 9.08. The summed E-state index contributed by atoms with van der Waals surface area (Å²) in [7, 11) is 3.21. The van der Waals surface area contributed by atoms with Gasteiger partial charge in [0, 0.05) is 30.5 Å². The van der Waals surface area contributed by atoms with Crippen molar-refractivity contribution in [2.24, 2.45) is 0 Å². The van der Waals surface area contributed by atoms with Gasteiger partial charge in [-0.15, -0.1) is 0 Å². The van der Waals surface area contributed by atoms with Gasteiger partial charge < -0.3 is 25.1 Å². The summed E-state index contributed by atoms with van der Waals surface area (Å²) in [4.78, 5) is 19.8. The van der Waals surface area contributed by atoms with Crippen LogP contribution in [0.4, 0.5) is 11.8 Å². The molecular weight excluding hydrogens is 380 g/mol. The summed E-state index contributed by atoms with van der Waals surface area (Å²) in [6.07, 6.45) is 2.11. The molecule has 3 heterocycles. The second-order valence-electron chi connectivity index (χ2n) is 7.56. The van der Waals surface area contributed by atoms with Gasteiger partial charge in [-0.25, -0.2) is 9.97 Å². The van der Waals surface area contributed by atoms with Gasteiger partial charge in [0.15, 0.2) is 11.5 Å². The Bertz CT molecular complexity index is 1190. The number of hydrogen-bond donors (Lipinski definition) is 2. The number of nitrogens with zero attached hydrogens (tertiary/aromatic N) is 4. The standard InChI is InChI=1S/C22H24N6O2/c1-29-18-10-14-17(11-19(18)30-2)26-22(27-20(14)23)28-9-5-6-13(12-28)21-24-15-7-3-4-8-16(15)25-21/h3-4,7-8,10-11,13H,5-6,9,12H2,1-2H3,(H,24,25)(H2,23,26,27). The highest BCUT2D eigenvalue weighted by Crippen LogP contribution is 2.35. The maximum absolute atomic E-state index is 6.28. The number of aromatic amines is 1. The quantitative estimate of drug-likeness (QED) is 0.537. The van der Waals surface area contributed by atoms with E-state index in [0.29, 0.717) is 23.3 Å². The Morgan fingerprint density at radius 2 is 1.83 bits per heavy atom. The molecule has 8 heteroatoms. The van der Waals surface area contributed by atoms with E-state index in [1.54, 1.807) is 14.2 Å². The van der Waals surface area contributed by atoms with Gasteiger partial charge in [0.1, 0.15) is 11.6 Å². The maximum atomic E-state index is 6.28. The molecule has 8 nitrogen and oxygen atoms in total. The molecule has 0 amide bonds. The molecule has 3 N–H and O–H groups in total. The molecule has 1 atom stereocenters. The van der Waals surface area contributed by atoms with Crippen molar-refractivity contribution in [1.82, 2.24) is 19.9 Å². The van der Waals surface area contributed by atoms with Crippen LogP contribution in [0.3, 0.4) is 0 Å². The molecule has 5 rings (SSSR count). The molecule has 154 valence electrons. The molecule has 1 saturated heterocycles. The van der Waals surface area contributed by atoms with Crippen LogP contribution in [0.15, 0.2) is 36.4 Å². The minimum Gasteiger partial charge on any atom is -0.493 e. The minimum atomic E-state index is 0.289. The lowest BCUT2D eigenvalue weighted by Gasteiger charge is -2.32. The second kappa shape index (κ2) is 7.37. The maximum Gasteiger partial charge on any atom is 0.227 e. The summed E-state index contributed by atoms with van der Waals surface area (Å²) in [6, 6.07) is 11.8. The van der Waals surface area contributed by atoms with Crippen molar-refractivity contribution in [3.63, 3.8) is 0 Å². The Kier molecular flexibility index (Phi) is 4.54. The monoisotopic (exact) mass is 404 g/mol. The third kappa shape index (κ3) is 3.14. The third-order valence-corrected chi connectivity index (χ3v) is 5.72. The number of rotatable bonds is 4. The van der Waals surface area contributed by atoms with E-state index in [1.807, 2.05) is 30.3 Å². The molecule has 1 aliphatic heterocycles. The van der Waals surface area contributed by atoms with Crippen molar-refractivity contribution in [3.8, 4) is 11.5 Å².